The first-order chi connectivity index (χ1) is 14.3. The number of rotatable bonds is 6. The number of hydrogen-bond acceptors (Lipinski definition) is 4. The second kappa shape index (κ2) is 8.96. The molecule has 30 heavy (non-hydrogen) atoms. The molecule has 0 aliphatic carbocycles. The van der Waals surface area contributed by atoms with Crippen LogP contribution in [0.2, 0.25) is 0 Å². The standard InChI is InChI=1S/C22H21F2N3O3/c1-13-6-7-19(18(24)10-13)26-20(29)12-27-21(15-4-3-5-16(23)11-15)25-14(2)17(8-9-28)22(27)30/h3-7,10-11,28H,8-9,12H2,1-2H3,(H,26,29). The van der Waals surface area contributed by atoms with E-state index >= 15 is 0 Å². The summed E-state index contributed by atoms with van der Waals surface area (Å²) in [6, 6.07) is 9.88. The molecule has 0 aliphatic rings. The van der Waals surface area contributed by atoms with Crippen LogP contribution in [-0.4, -0.2) is 27.2 Å². The van der Waals surface area contributed by atoms with Gasteiger partial charge in [0.1, 0.15) is 24.0 Å². The number of aliphatic hydroxyl groups is 1. The zero-order chi connectivity index (χ0) is 21.8. The van der Waals surface area contributed by atoms with Crippen molar-refractivity contribution in [3.05, 3.63) is 81.3 Å². The number of halogens is 2. The van der Waals surface area contributed by atoms with E-state index in [0.29, 0.717) is 16.8 Å². The van der Waals surface area contributed by atoms with Crippen molar-refractivity contribution in [2.24, 2.45) is 0 Å². The number of amides is 1. The SMILES string of the molecule is Cc1ccc(NC(=O)Cn2c(-c3cccc(F)c3)nc(C)c(CCO)c2=O)c(F)c1. The van der Waals surface area contributed by atoms with Crippen molar-refractivity contribution in [1.82, 2.24) is 9.55 Å². The first kappa shape index (κ1) is 21.3. The van der Waals surface area contributed by atoms with E-state index in [2.05, 4.69) is 10.3 Å². The molecule has 6 nitrogen and oxygen atoms in total. The van der Waals surface area contributed by atoms with E-state index in [4.69, 9.17) is 0 Å². The maximum absolute atomic E-state index is 14.1. The predicted molar refractivity (Wildman–Crippen MR) is 109 cm³/mol. The zero-order valence-corrected chi connectivity index (χ0v) is 16.6. The Kier molecular flexibility index (Phi) is 6.37. The summed E-state index contributed by atoms with van der Waals surface area (Å²) in [5.74, 6) is -1.64. The molecule has 0 radical (unpaired) electrons. The Balaban J connectivity index is 2.03. The van der Waals surface area contributed by atoms with Crippen molar-refractivity contribution < 1.29 is 18.7 Å². The smallest absolute Gasteiger partial charge is 0.257 e. The highest BCUT2D eigenvalue weighted by atomic mass is 19.1. The lowest BCUT2D eigenvalue weighted by molar-refractivity contribution is -0.116. The third-order valence-corrected chi connectivity index (χ3v) is 4.61. The van der Waals surface area contributed by atoms with Gasteiger partial charge in [-0.3, -0.25) is 14.2 Å². The molecule has 0 spiro atoms. The summed E-state index contributed by atoms with van der Waals surface area (Å²) < 4.78 is 28.9. The molecule has 0 saturated heterocycles. The number of hydrogen-bond donors (Lipinski definition) is 2. The summed E-state index contributed by atoms with van der Waals surface area (Å²) >= 11 is 0. The topological polar surface area (TPSA) is 84.2 Å². The van der Waals surface area contributed by atoms with Gasteiger partial charge in [0.25, 0.3) is 5.56 Å². The number of benzene rings is 2. The van der Waals surface area contributed by atoms with Gasteiger partial charge in [0.05, 0.1) is 5.69 Å². The van der Waals surface area contributed by atoms with Crippen LogP contribution in [0.1, 0.15) is 16.8 Å². The quantitative estimate of drug-likeness (QED) is 0.651. The van der Waals surface area contributed by atoms with Crippen LogP contribution < -0.4 is 10.9 Å². The second-order valence-corrected chi connectivity index (χ2v) is 6.91. The minimum absolute atomic E-state index is 0.0124. The van der Waals surface area contributed by atoms with Gasteiger partial charge in [-0.15, -0.1) is 0 Å². The van der Waals surface area contributed by atoms with E-state index < -0.39 is 29.6 Å². The summed E-state index contributed by atoms with van der Waals surface area (Å²) in [5, 5.41) is 11.7. The minimum atomic E-state index is -0.641. The maximum atomic E-state index is 14.1. The normalized spacial score (nSPS) is 10.8. The van der Waals surface area contributed by atoms with Crippen molar-refractivity contribution in [1.29, 1.82) is 0 Å². The van der Waals surface area contributed by atoms with Gasteiger partial charge < -0.3 is 10.4 Å². The summed E-state index contributed by atoms with van der Waals surface area (Å²) in [6.07, 6.45) is 0.0648. The van der Waals surface area contributed by atoms with Gasteiger partial charge in [-0.05, 0) is 43.7 Å². The van der Waals surface area contributed by atoms with Gasteiger partial charge in [-0.1, -0.05) is 18.2 Å². The zero-order valence-electron chi connectivity index (χ0n) is 16.6. The molecule has 1 heterocycles. The molecular weight excluding hydrogens is 392 g/mol. The van der Waals surface area contributed by atoms with E-state index in [-0.39, 0.29) is 30.1 Å². The van der Waals surface area contributed by atoms with E-state index in [1.54, 1.807) is 26.0 Å². The number of aryl methyl sites for hydroxylation is 2. The minimum Gasteiger partial charge on any atom is -0.396 e. The molecule has 0 atom stereocenters. The van der Waals surface area contributed by atoms with E-state index in [9.17, 15) is 23.5 Å². The highest BCUT2D eigenvalue weighted by Crippen LogP contribution is 2.20. The number of anilines is 1. The highest BCUT2D eigenvalue weighted by molar-refractivity contribution is 5.91. The third-order valence-electron chi connectivity index (χ3n) is 4.61. The van der Waals surface area contributed by atoms with Crippen LogP contribution in [0.25, 0.3) is 11.4 Å². The monoisotopic (exact) mass is 413 g/mol. The first-order valence-electron chi connectivity index (χ1n) is 9.33. The number of carbonyl (C=O) groups excluding carboxylic acids is 1. The van der Waals surface area contributed by atoms with Gasteiger partial charge in [0, 0.05) is 29.8 Å². The second-order valence-electron chi connectivity index (χ2n) is 6.91. The molecule has 3 aromatic rings. The molecule has 8 heteroatoms. The molecule has 0 aliphatic heterocycles. The Hall–Kier alpha value is -3.39. The highest BCUT2D eigenvalue weighted by Gasteiger charge is 2.18. The van der Waals surface area contributed by atoms with Gasteiger partial charge in [0.15, 0.2) is 0 Å². The van der Waals surface area contributed by atoms with Crippen molar-refractivity contribution in [2.75, 3.05) is 11.9 Å². The average molecular weight is 413 g/mol. The van der Waals surface area contributed by atoms with Crippen LogP contribution >= 0.6 is 0 Å². The molecule has 156 valence electrons. The van der Waals surface area contributed by atoms with Gasteiger partial charge in [-0.2, -0.15) is 0 Å². The Bertz CT molecular complexity index is 1160. The molecule has 1 amide bonds. The Morgan fingerprint density at radius 3 is 2.60 bits per heavy atom. The third kappa shape index (κ3) is 4.60. The lowest BCUT2D eigenvalue weighted by Gasteiger charge is -2.16. The van der Waals surface area contributed by atoms with Crippen LogP contribution in [0, 0.1) is 25.5 Å². The average Bonchev–Trinajstić information content (AvgIpc) is 2.69. The largest absolute Gasteiger partial charge is 0.396 e. The number of aromatic nitrogens is 2. The van der Waals surface area contributed by atoms with E-state index in [1.807, 2.05) is 0 Å². The number of aliphatic hydroxyl groups excluding tert-OH is 1. The van der Waals surface area contributed by atoms with E-state index in [0.717, 1.165) is 4.57 Å². The summed E-state index contributed by atoms with van der Waals surface area (Å²) in [5.41, 5.74) is 1.13. The van der Waals surface area contributed by atoms with Crippen molar-refractivity contribution in [2.45, 2.75) is 26.8 Å². The van der Waals surface area contributed by atoms with Gasteiger partial charge in [0.2, 0.25) is 5.91 Å². The lowest BCUT2D eigenvalue weighted by Crippen LogP contribution is -2.33. The van der Waals surface area contributed by atoms with Crippen LogP contribution in [-0.2, 0) is 17.8 Å². The first-order valence-corrected chi connectivity index (χ1v) is 9.33. The molecule has 0 saturated carbocycles. The number of carbonyl (C=O) groups is 1. The Morgan fingerprint density at radius 1 is 1.17 bits per heavy atom. The molecule has 0 fully saturated rings. The van der Waals surface area contributed by atoms with Crippen LogP contribution in [0.5, 0.6) is 0 Å². The molecular formula is C22H21F2N3O3. The fourth-order valence-electron chi connectivity index (χ4n) is 3.15. The molecule has 2 N–H and O–H groups in total. The molecule has 0 unspecified atom stereocenters. The van der Waals surface area contributed by atoms with Gasteiger partial charge in [-0.25, -0.2) is 13.8 Å². The maximum Gasteiger partial charge on any atom is 0.257 e. The van der Waals surface area contributed by atoms with Crippen molar-refractivity contribution >= 4 is 11.6 Å². The lowest BCUT2D eigenvalue weighted by atomic mass is 10.1. The van der Waals surface area contributed by atoms with Crippen molar-refractivity contribution in [3.63, 3.8) is 0 Å². The predicted octanol–water partition coefficient (Wildman–Crippen LogP) is 2.98. The fourth-order valence-corrected chi connectivity index (χ4v) is 3.15. The molecule has 3 rings (SSSR count). The fraction of sp³-hybridized carbons (Fsp3) is 0.227. The summed E-state index contributed by atoms with van der Waals surface area (Å²) in [7, 11) is 0. The van der Waals surface area contributed by atoms with Crippen LogP contribution in [0.15, 0.2) is 47.3 Å². The van der Waals surface area contributed by atoms with Crippen LogP contribution in [0.3, 0.4) is 0 Å². The molecule has 1 aromatic heterocycles. The Morgan fingerprint density at radius 2 is 1.93 bits per heavy atom. The molecule has 2 aromatic carbocycles. The Labute approximate surface area is 171 Å². The summed E-state index contributed by atoms with van der Waals surface area (Å²) in [6.45, 7) is 2.61. The van der Waals surface area contributed by atoms with Crippen LogP contribution in [0.4, 0.5) is 14.5 Å². The van der Waals surface area contributed by atoms with Crippen molar-refractivity contribution in [3.8, 4) is 11.4 Å². The number of nitrogens with one attached hydrogen (secondary N) is 1. The molecule has 0 bridgehead atoms. The summed E-state index contributed by atoms with van der Waals surface area (Å²) in [4.78, 5) is 30.0. The van der Waals surface area contributed by atoms with E-state index in [1.165, 1.54) is 30.3 Å². The van der Waals surface area contributed by atoms with Gasteiger partial charge >= 0.3 is 0 Å². The number of nitrogens with zero attached hydrogens (tertiary/aromatic N) is 2.